The van der Waals surface area contributed by atoms with Gasteiger partial charge in [-0.15, -0.1) is 11.8 Å². The molecule has 0 aliphatic heterocycles. The fourth-order valence-corrected chi connectivity index (χ4v) is 3.43. The summed E-state index contributed by atoms with van der Waals surface area (Å²) in [5, 5.41) is 22.2. The number of halogens is 1. The number of methoxy groups -OCH3 is 1. The Bertz CT molecular complexity index is 1280. The number of benzene rings is 2. The van der Waals surface area contributed by atoms with E-state index in [1.54, 1.807) is 37.4 Å². The zero-order chi connectivity index (χ0) is 24.0. The van der Waals surface area contributed by atoms with Gasteiger partial charge in [0.1, 0.15) is 10.8 Å². The van der Waals surface area contributed by atoms with Crippen LogP contribution >= 0.6 is 11.8 Å². The van der Waals surface area contributed by atoms with E-state index in [4.69, 9.17) is 14.5 Å². The van der Waals surface area contributed by atoms with Crippen molar-refractivity contribution in [2.45, 2.75) is 13.3 Å². The molecule has 0 aliphatic carbocycles. The standard InChI is InChI=1S/C22H18FN5O4S/c1-12-25-20(28-32-12)13-4-6-16(7-5-13)26-19(21(33-3)27-22(29)30)15-10-14(8-9-24)18(23)17(11-15)31-2/h4-7,10-11H,8H2,1-3H3,(H,29,30). The van der Waals surface area contributed by atoms with Crippen molar-refractivity contribution in [3.63, 3.8) is 0 Å². The Hall–Kier alpha value is -4.04. The van der Waals surface area contributed by atoms with Gasteiger partial charge in [-0.3, -0.25) is 0 Å². The number of hydrogen-bond donors (Lipinski definition) is 1. The number of aromatic nitrogens is 2. The van der Waals surface area contributed by atoms with Crippen molar-refractivity contribution in [2.24, 2.45) is 9.98 Å². The van der Waals surface area contributed by atoms with Crippen molar-refractivity contribution in [1.29, 1.82) is 5.26 Å². The molecule has 9 nitrogen and oxygen atoms in total. The third-order valence-corrected chi connectivity index (χ3v) is 5.04. The highest BCUT2D eigenvalue weighted by Gasteiger charge is 2.19. The largest absolute Gasteiger partial charge is 0.494 e. The Morgan fingerprint density at radius 1 is 1.33 bits per heavy atom. The van der Waals surface area contributed by atoms with E-state index in [1.807, 2.05) is 6.07 Å². The van der Waals surface area contributed by atoms with E-state index in [-0.39, 0.29) is 28.5 Å². The maximum Gasteiger partial charge on any atom is 0.432 e. The molecular weight excluding hydrogens is 449 g/mol. The average molecular weight is 467 g/mol. The number of nitrogens with zero attached hydrogens (tertiary/aromatic N) is 5. The predicted molar refractivity (Wildman–Crippen MR) is 122 cm³/mol. The van der Waals surface area contributed by atoms with Crippen LogP contribution in [0.1, 0.15) is 17.0 Å². The molecule has 1 amide bonds. The molecule has 0 bridgehead atoms. The van der Waals surface area contributed by atoms with Crippen LogP contribution in [0.25, 0.3) is 11.4 Å². The molecule has 0 radical (unpaired) electrons. The number of aliphatic imine (C=N–C) groups is 2. The number of nitriles is 1. The highest BCUT2D eigenvalue weighted by atomic mass is 32.2. The van der Waals surface area contributed by atoms with Gasteiger partial charge in [0.2, 0.25) is 11.7 Å². The minimum Gasteiger partial charge on any atom is -0.494 e. The van der Waals surface area contributed by atoms with Crippen LogP contribution in [-0.2, 0) is 6.42 Å². The summed E-state index contributed by atoms with van der Waals surface area (Å²) in [4.78, 5) is 23.7. The van der Waals surface area contributed by atoms with Gasteiger partial charge in [-0.05, 0) is 42.7 Å². The number of carboxylic acid groups (broad SMARTS) is 1. The maximum atomic E-state index is 14.6. The Morgan fingerprint density at radius 2 is 2.06 bits per heavy atom. The molecule has 0 spiro atoms. The lowest BCUT2D eigenvalue weighted by Crippen LogP contribution is -2.15. The van der Waals surface area contributed by atoms with E-state index in [9.17, 15) is 14.3 Å². The minimum absolute atomic E-state index is 0.0935. The van der Waals surface area contributed by atoms with Gasteiger partial charge in [0.05, 0.1) is 25.3 Å². The van der Waals surface area contributed by atoms with E-state index in [1.165, 1.54) is 19.2 Å². The normalized spacial score (nSPS) is 11.8. The summed E-state index contributed by atoms with van der Waals surface area (Å²) in [6.07, 6.45) is 0.0455. The first-order chi connectivity index (χ1) is 15.9. The summed E-state index contributed by atoms with van der Waals surface area (Å²) in [7, 11) is 1.30. The van der Waals surface area contributed by atoms with Crippen molar-refractivity contribution >= 4 is 34.3 Å². The van der Waals surface area contributed by atoms with Gasteiger partial charge >= 0.3 is 6.09 Å². The molecule has 11 heteroatoms. The van der Waals surface area contributed by atoms with Gasteiger partial charge in [-0.25, -0.2) is 14.2 Å². The summed E-state index contributed by atoms with van der Waals surface area (Å²) >= 11 is 1.07. The SMILES string of the molecule is COc1cc(C(=Nc2ccc(-c3noc(C)n3)cc2)C(=NC(=O)O)SC)cc(CC#N)c1F. The third kappa shape index (κ3) is 5.61. The Labute approximate surface area is 192 Å². The zero-order valence-corrected chi connectivity index (χ0v) is 18.7. The van der Waals surface area contributed by atoms with Gasteiger partial charge in [0.15, 0.2) is 11.6 Å². The van der Waals surface area contributed by atoms with Crippen LogP contribution in [0.3, 0.4) is 0 Å². The van der Waals surface area contributed by atoms with Crippen LogP contribution in [0, 0.1) is 24.1 Å². The van der Waals surface area contributed by atoms with Gasteiger partial charge in [0, 0.05) is 23.6 Å². The quantitative estimate of drug-likeness (QED) is 0.403. The summed E-state index contributed by atoms with van der Waals surface area (Å²) in [5.74, 6) is 0.0963. The van der Waals surface area contributed by atoms with Gasteiger partial charge < -0.3 is 14.4 Å². The monoisotopic (exact) mass is 467 g/mol. The van der Waals surface area contributed by atoms with Crippen molar-refractivity contribution in [3.05, 3.63) is 59.2 Å². The molecule has 0 saturated carbocycles. The number of carbonyl (C=O) groups is 1. The topological polar surface area (TPSA) is 134 Å². The van der Waals surface area contributed by atoms with E-state index < -0.39 is 11.9 Å². The zero-order valence-electron chi connectivity index (χ0n) is 17.9. The van der Waals surface area contributed by atoms with Gasteiger partial charge in [0.25, 0.3) is 0 Å². The van der Waals surface area contributed by atoms with Crippen LogP contribution in [0.2, 0.25) is 0 Å². The fraction of sp³-hybridized carbons (Fsp3) is 0.182. The second-order valence-electron chi connectivity index (χ2n) is 6.53. The number of thioether (sulfide) groups is 1. The molecule has 0 fully saturated rings. The first kappa shape index (κ1) is 23.6. The fourth-order valence-electron chi connectivity index (χ4n) is 2.90. The summed E-state index contributed by atoms with van der Waals surface area (Å²) in [6, 6.07) is 11.6. The molecule has 0 unspecified atom stereocenters. The second kappa shape index (κ2) is 10.5. The van der Waals surface area contributed by atoms with Crippen molar-refractivity contribution in [3.8, 4) is 23.2 Å². The molecule has 0 saturated heterocycles. The van der Waals surface area contributed by atoms with Crippen molar-refractivity contribution in [2.75, 3.05) is 13.4 Å². The first-order valence-corrected chi connectivity index (χ1v) is 10.7. The van der Waals surface area contributed by atoms with E-state index in [0.29, 0.717) is 28.5 Å². The number of aryl methyl sites for hydroxylation is 1. The lowest BCUT2D eigenvalue weighted by molar-refractivity contribution is 0.206. The third-order valence-electron chi connectivity index (χ3n) is 4.36. The molecule has 0 atom stereocenters. The number of hydrogen-bond acceptors (Lipinski definition) is 8. The van der Waals surface area contributed by atoms with E-state index in [0.717, 1.165) is 11.8 Å². The second-order valence-corrected chi connectivity index (χ2v) is 7.33. The molecule has 3 rings (SSSR count). The molecule has 168 valence electrons. The highest BCUT2D eigenvalue weighted by molar-refractivity contribution is 8.15. The van der Waals surface area contributed by atoms with E-state index in [2.05, 4.69) is 20.1 Å². The molecule has 1 heterocycles. The summed E-state index contributed by atoms with van der Waals surface area (Å²) < 4.78 is 24.7. The Morgan fingerprint density at radius 3 is 2.61 bits per heavy atom. The number of rotatable bonds is 6. The smallest absolute Gasteiger partial charge is 0.432 e. The van der Waals surface area contributed by atoms with E-state index >= 15 is 0 Å². The van der Waals surface area contributed by atoms with Crippen molar-refractivity contribution in [1.82, 2.24) is 10.1 Å². The van der Waals surface area contributed by atoms with Crippen LogP contribution in [0.5, 0.6) is 5.75 Å². The predicted octanol–water partition coefficient (Wildman–Crippen LogP) is 4.82. The van der Waals surface area contributed by atoms with Crippen LogP contribution < -0.4 is 4.74 Å². The molecule has 3 aromatic rings. The van der Waals surface area contributed by atoms with Crippen molar-refractivity contribution < 1.29 is 23.6 Å². The highest BCUT2D eigenvalue weighted by Crippen LogP contribution is 2.27. The average Bonchev–Trinajstić information content (AvgIpc) is 3.24. The lowest BCUT2D eigenvalue weighted by Gasteiger charge is -2.13. The number of amides is 1. The molecule has 1 aromatic heterocycles. The summed E-state index contributed by atoms with van der Waals surface area (Å²) in [5.41, 5.74) is 1.82. The van der Waals surface area contributed by atoms with Crippen LogP contribution in [0.4, 0.5) is 14.9 Å². The molecule has 1 N–H and O–H groups in total. The first-order valence-electron chi connectivity index (χ1n) is 9.45. The lowest BCUT2D eigenvalue weighted by atomic mass is 10.0. The van der Waals surface area contributed by atoms with Gasteiger partial charge in [-0.1, -0.05) is 5.16 Å². The molecule has 0 aliphatic rings. The summed E-state index contributed by atoms with van der Waals surface area (Å²) in [6.45, 7) is 1.69. The minimum atomic E-state index is -1.40. The Kier molecular flexibility index (Phi) is 7.53. The molecular formula is C22H18FN5O4S. The Balaban J connectivity index is 2.15. The van der Waals surface area contributed by atoms with Crippen LogP contribution in [-0.4, -0.2) is 45.5 Å². The number of ether oxygens (including phenoxy) is 1. The van der Waals surface area contributed by atoms with Gasteiger partial charge in [-0.2, -0.15) is 15.2 Å². The molecule has 33 heavy (non-hydrogen) atoms. The maximum absolute atomic E-state index is 14.6. The molecule has 2 aromatic carbocycles. The van der Waals surface area contributed by atoms with Crippen LogP contribution in [0.15, 0.2) is 50.9 Å².